The normalized spacial score (nSPS) is 20.4. The third kappa shape index (κ3) is 5.39. The van der Waals surface area contributed by atoms with E-state index >= 15 is 0 Å². The molecule has 7 heteroatoms. The summed E-state index contributed by atoms with van der Waals surface area (Å²) in [7, 11) is 0. The minimum atomic E-state index is -0.864. The summed E-state index contributed by atoms with van der Waals surface area (Å²) < 4.78 is 0. The number of rotatable bonds is 8. The Morgan fingerprint density at radius 1 is 1.18 bits per heavy atom. The molecule has 1 aliphatic heterocycles. The van der Waals surface area contributed by atoms with Gasteiger partial charge in [-0.1, -0.05) is 68.4 Å². The Labute approximate surface area is 205 Å². The first-order chi connectivity index (χ1) is 16.3. The number of β-amino-alcohol motifs (C(OH)–C–C–N with tert-alkyl or cyclic N) is 1. The fraction of sp³-hybridized carbons (Fsp3) is 0.407. The topological polar surface area (TPSA) is 85.7 Å². The minimum Gasteiger partial charge on any atom is -0.392 e. The maximum Gasteiger partial charge on any atom is 0.237 e. The number of likely N-dealkylation sites (tertiary alicyclic amines) is 1. The second-order valence-corrected chi connectivity index (χ2v) is 10.2. The Kier molecular flexibility index (Phi) is 7.78. The number of carbonyl (C=O) groups excluding carboxylic acids is 1. The third-order valence-corrected chi connectivity index (χ3v) is 7.59. The molecule has 1 fully saturated rings. The molecule has 0 aliphatic carbocycles. The van der Waals surface area contributed by atoms with Crippen molar-refractivity contribution in [1.82, 2.24) is 15.2 Å². The number of hydrogen-bond donors (Lipinski definition) is 3. The first-order valence-electron chi connectivity index (χ1n) is 11.8. The lowest BCUT2D eigenvalue weighted by molar-refractivity contribution is -0.131. The van der Waals surface area contributed by atoms with E-state index in [0.717, 1.165) is 27.3 Å². The molecule has 0 spiro atoms. The molecule has 1 aliphatic rings. The molecule has 1 amide bonds. The number of carbonyl (C=O) groups is 1. The molecule has 3 aromatic rings. The van der Waals surface area contributed by atoms with Crippen LogP contribution < -0.4 is 5.32 Å². The number of amides is 1. The predicted octanol–water partition coefficient (Wildman–Crippen LogP) is 3.93. The van der Waals surface area contributed by atoms with Crippen LogP contribution in [0.5, 0.6) is 0 Å². The van der Waals surface area contributed by atoms with Gasteiger partial charge in [-0.25, -0.2) is 4.98 Å². The zero-order valence-corrected chi connectivity index (χ0v) is 20.7. The van der Waals surface area contributed by atoms with Gasteiger partial charge < -0.3 is 15.5 Å². The van der Waals surface area contributed by atoms with Crippen molar-refractivity contribution < 1.29 is 15.0 Å². The number of benzene rings is 2. The maximum atomic E-state index is 13.1. The molecule has 6 nitrogen and oxygen atoms in total. The summed E-state index contributed by atoms with van der Waals surface area (Å²) in [6.45, 7) is 6.80. The summed E-state index contributed by atoms with van der Waals surface area (Å²) in [5, 5.41) is 24.7. The van der Waals surface area contributed by atoms with Gasteiger partial charge in [0.05, 0.1) is 28.2 Å². The molecule has 0 saturated carbocycles. The van der Waals surface area contributed by atoms with Crippen LogP contribution in [0.1, 0.15) is 43.0 Å². The van der Waals surface area contributed by atoms with Gasteiger partial charge in [0.2, 0.25) is 5.91 Å². The Morgan fingerprint density at radius 2 is 1.88 bits per heavy atom. The molecule has 0 radical (unpaired) electrons. The highest BCUT2D eigenvalue weighted by Crippen LogP contribution is 2.33. The highest BCUT2D eigenvalue weighted by molar-refractivity contribution is 7.13. The van der Waals surface area contributed by atoms with E-state index in [0.29, 0.717) is 13.0 Å². The Hall–Kier alpha value is -2.58. The molecule has 1 unspecified atom stereocenters. The summed E-state index contributed by atoms with van der Waals surface area (Å²) in [6, 6.07) is 17.4. The molecule has 3 N–H and O–H groups in total. The zero-order chi connectivity index (χ0) is 24.2. The second-order valence-electron chi connectivity index (χ2n) is 9.38. The van der Waals surface area contributed by atoms with E-state index in [9.17, 15) is 15.0 Å². The largest absolute Gasteiger partial charge is 0.392 e. The number of nitrogens with one attached hydrogen (secondary N) is 1. The molecular weight excluding hydrogens is 446 g/mol. The SMILES string of the molecule is Cc1ncsc1-c1ccc(CNC(=O)[C@@H]2C[C@@H](O)CN2C(O)[C@@H](c2ccccc2)C(C)C)cc1. The average Bonchev–Trinajstić information content (AvgIpc) is 3.44. The van der Waals surface area contributed by atoms with Crippen LogP contribution in [-0.2, 0) is 11.3 Å². The van der Waals surface area contributed by atoms with Crippen molar-refractivity contribution in [3.8, 4) is 10.4 Å². The summed E-state index contributed by atoms with van der Waals surface area (Å²) in [6.07, 6.45) is -1.19. The number of aryl methyl sites for hydroxylation is 1. The number of aromatic nitrogens is 1. The Balaban J connectivity index is 1.43. The van der Waals surface area contributed by atoms with Crippen molar-refractivity contribution in [1.29, 1.82) is 0 Å². The van der Waals surface area contributed by atoms with Crippen LogP contribution in [0.25, 0.3) is 10.4 Å². The van der Waals surface area contributed by atoms with Gasteiger partial charge in [-0.15, -0.1) is 11.3 Å². The fourth-order valence-corrected chi connectivity index (χ4v) is 5.64. The summed E-state index contributed by atoms with van der Waals surface area (Å²) in [5.41, 5.74) is 6.00. The van der Waals surface area contributed by atoms with E-state index in [1.54, 1.807) is 16.2 Å². The van der Waals surface area contributed by atoms with Gasteiger partial charge >= 0.3 is 0 Å². The number of thiazole rings is 1. The van der Waals surface area contributed by atoms with Gasteiger partial charge in [-0.3, -0.25) is 9.69 Å². The van der Waals surface area contributed by atoms with Crippen LogP contribution in [0.15, 0.2) is 60.1 Å². The van der Waals surface area contributed by atoms with Crippen molar-refractivity contribution in [3.05, 3.63) is 76.9 Å². The van der Waals surface area contributed by atoms with E-state index in [1.807, 2.05) is 67.0 Å². The first kappa shape index (κ1) is 24.5. The van der Waals surface area contributed by atoms with E-state index in [2.05, 4.69) is 24.1 Å². The molecule has 34 heavy (non-hydrogen) atoms. The zero-order valence-electron chi connectivity index (χ0n) is 19.9. The summed E-state index contributed by atoms with van der Waals surface area (Å²) in [5.74, 6) is -0.169. The molecule has 4 rings (SSSR count). The van der Waals surface area contributed by atoms with Crippen LogP contribution in [0.4, 0.5) is 0 Å². The van der Waals surface area contributed by atoms with Gasteiger partial charge in [-0.2, -0.15) is 0 Å². The molecule has 1 aromatic heterocycles. The molecule has 1 saturated heterocycles. The van der Waals surface area contributed by atoms with Gasteiger partial charge in [-0.05, 0) is 36.0 Å². The quantitative estimate of drug-likeness (QED) is 0.456. The van der Waals surface area contributed by atoms with Crippen LogP contribution in [0, 0.1) is 12.8 Å². The average molecular weight is 480 g/mol. The fourth-order valence-electron chi connectivity index (χ4n) is 4.83. The van der Waals surface area contributed by atoms with Gasteiger partial charge in [0.25, 0.3) is 0 Å². The smallest absolute Gasteiger partial charge is 0.237 e. The third-order valence-electron chi connectivity index (χ3n) is 6.61. The lowest BCUT2D eigenvalue weighted by Gasteiger charge is -2.36. The highest BCUT2D eigenvalue weighted by atomic mass is 32.1. The molecule has 4 atom stereocenters. The Morgan fingerprint density at radius 3 is 2.50 bits per heavy atom. The predicted molar refractivity (Wildman–Crippen MR) is 135 cm³/mol. The maximum absolute atomic E-state index is 13.1. The summed E-state index contributed by atoms with van der Waals surface area (Å²) in [4.78, 5) is 20.3. The number of aliphatic hydroxyl groups is 2. The molecule has 0 bridgehead atoms. The van der Waals surface area contributed by atoms with Gasteiger partial charge in [0.15, 0.2) is 0 Å². The van der Waals surface area contributed by atoms with Crippen molar-refractivity contribution in [3.63, 3.8) is 0 Å². The molecule has 2 heterocycles. The van der Waals surface area contributed by atoms with Crippen LogP contribution in [0.2, 0.25) is 0 Å². The van der Waals surface area contributed by atoms with Crippen molar-refractivity contribution in [2.75, 3.05) is 6.54 Å². The van der Waals surface area contributed by atoms with Crippen molar-refractivity contribution in [2.24, 2.45) is 5.92 Å². The number of hydrogen-bond acceptors (Lipinski definition) is 6. The minimum absolute atomic E-state index is 0.162. The highest BCUT2D eigenvalue weighted by Gasteiger charge is 2.42. The number of nitrogens with zero attached hydrogens (tertiary/aromatic N) is 2. The summed E-state index contributed by atoms with van der Waals surface area (Å²) >= 11 is 1.62. The van der Waals surface area contributed by atoms with E-state index < -0.39 is 18.4 Å². The van der Waals surface area contributed by atoms with E-state index in [1.165, 1.54) is 0 Å². The first-order valence-corrected chi connectivity index (χ1v) is 12.7. The van der Waals surface area contributed by atoms with Crippen LogP contribution >= 0.6 is 11.3 Å². The van der Waals surface area contributed by atoms with Crippen LogP contribution in [0.3, 0.4) is 0 Å². The van der Waals surface area contributed by atoms with Crippen molar-refractivity contribution in [2.45, 2.75) is 58.0 Å². The number of aliphatic hydroxyl groups excluding tert-OH is 2. The van der Waals surface area contributed by atoms with Gasteiger partial charge in [0, 0.05) is 19.0 Å². The lowest BCUT2D eigenvalue weighted by Crippen LogP contribution is -2.50. The lowest BCUT2D eigenvalue weighted by atomic mass is 9.86. The van der Waals surface area contributed by atoms with E-state index in [4.69, 9.17) is 0 Å². The molecular formula is C27H33N3O3S. The molecule has 180 valence electrons. The van der Waals surface area contributed by atoms with Crippen LogP contribution in [-0.4, -0.2) is 50.9 Å². The van der Waals surface area contributed by atoms with E-state index in [-0.39, 0.29) is 24.3 Å². The standard InChI is InChI=1S/C27H33N3O3S/c1-17(2)24(20-7-5-4-6-8-20)27(33)30-15-22(31)13-23(30)26(32)28-14-19-9-11-21(12-10-19)25-18(3)29-16-34-25/h4-12,16-17,22-24,27,31,33H,13-15H2,1-3H3,(H,28,32)/t22-,23+,24-,27?/m1/s1. The second kappa shape index (κ2) is 10.8. The molecule has 2 aromatic carbocycles. The Bertz CT molecular complexity index is 1080. The van der Waals surface area contributed by atoms with Crippen molar-refractivity contribution >= 4 is 17.2 Å². The van der Waals surface area contributed by atoms with Gasteiger partial charge in [0.1, 0.15) is 6.23 Å². The monoisotopic (exact) mass is 479 g/mol.